The van der Waals surface area contributed by atoms with Crippen LogP contribution in [0.5, 0.6) is 0 Å². The monoisotopic (exact) mass is 424 g/mol. The van der Waals surface area contributed by atoms with Gasteiger partial charge in [0, 0.05) is 11.3 Å². The molecule has 1 aliphatic rings. The van der Waals surface area contributed by atoms with E-state index in [4.69, 9.17) is 0 Å². The maximum absolute atomic E-state index is 13.5. The SMILES string of the molecule is C[C@H](Sc1nnc(CN2CCCCC2)n1-c1ccc(F)cc1)C(=O)c1ccccc1. The summed E-state index contributed by atoms with van der Waals surface area (Å²) in [5, 5.41) is 9.16. The quantitative estimate of drug-likeness (QED) is 0.404. The first-order chi connectivity index (χ1) is 14.6. The van der Waals surface area contributed by atoms with E-state index in [-0.39, 0.29) is 16.9 Å². The summed E-state index contributed by atoms with van der Waals surface area (Å²) in [6.45, 7) is 4.66. The van der Waals surface area contributed by atoms with Crippen LogP contribution in [-0.4, -0.2) is 43.8 Å². The third kappa shape index (κ3) is 4.79. The van der Waals surface area contributed by atoms with Crippen molar-refractivity contribution in [3.63, 3.8) is 0 Å². The zero-order valence-corrected chi connectivity index (χ0v) is 17.8. The van der Waals surface area contributed by atoms with E-state index in [0.29, 0.717) is 17.3 Å². The Hall–Kier alpha value is -2.51. The number of rotatable bonds is 7. The lowest BCUT2D eigenvalue weighted by atomic mass is 10.1. The molecule has 3 aromatic rings. The Balaban J connectivity index is 1.61. The van der Waals surface area contributed by atoms with Gasteiger partial charge < -0.3 is 0 Å². The van der Waals surface area contributed by atoms with Crippen molar-refractivity contribution in [2.75, 3.05) is 13.1 Å². The first kappa shape index (κ1) is 20.8. The third-order valence-corrected chi connectivity index (χ3v) is 6.35. The Morgan fingerprint density at radius 1 is 1.03 bits per heavy atom. The fraction of sp³-hybridized carbons (Fsp3) is 0.348. The summed E-state index contributed by atoms with van der Waals surface area (Å²) in [4.78, 5) is 15.2. The van der Waals surface area contributed by atoms with Gasteiger partial charge in [0.2, 0.25) is 0 Å². The molecular weight excluding hydrogens is 399 g/mol. The van der Waals surface area contributed by atoms with Crippen LogP contribution in [0.15, 0.2) is 59.8 Å². The van der Waals surface area contributed by atoms with Gasteiger partial charge in [0.1, 0.15) is 5.82 Å². The van der Waals surface area contributed by atoms with Crippen LogP contribution in [0.4, 0.5) is 4.39 Å². The van der Waals surface area contributed by atoms with Crippen LogP contribution in [0.1, 0.15) is 42.4 Å². The lowest BCUT2D eigenvalue weighted by Gasteiger charge is -2.26. The van der Waals surface area contributed by atoms with Crippen molar-refractivity contribution in [1.29, 1.82) is 0 Å². The van der Waals surface area contributed by atoms with Crippen molar-refractivity contribution < 1.29 is 9.18 Å². The summed E-state index contributed by atoms with van der Waals surface area (Å²) in [5.74, 6) is 0.573. The normalized spacial score (nSPS) is 15.8. The molecule has 0 N–H and O–H groups in total. The van der Waals surface area contributed by atoms with E-state index < -0.39 is 0 Å². The third-order valence-electron chi connectivity index (χ3n) is 5.31. The van der Waals surface area contributed by atoms with Crippen LogP contribution in [0, 0.1) is 5.82 Å². The fourth-order valence-corrected chi connectivity index (χ4v) is 4.66. The maximum Gasteiger partial charge on any atom is 0.196 e. The minimum atomic E-state index is -0.321. The first-order valence-corrected chi connectivity index (χ1v) is 11.2. The second-order valence-corrected chi connectivity index (χ2v) is 8.85. The lowest BCUT2D eigenvalue weighted by molar-refractivity contribution is 0.0994. The van der Waals surface area contributed by atoms with Crippen molar-refractivity contribution in [3.8, 4) is 5.69 Å². The van der Waals surface area contributed by atoms with Gasteiger partial charge in [0.25, 0.3) is 0 Å². The van der Waals surface area contributed by atoms with Gasteiger partial charge in [-0.25, -0.2) is 4.39 Å². The molecule has 0 spiro atoms. The second kappa shape index (κ2) is 9.53. The predicted molar refractivity (Wildman–Crippen MR) is 117 cm³/mol. The van der Waals surface area contributed by atoms with E-state index in [0.717, 1.165) is 24.6 Å². The standard InChI is InChI=1S/C23H25FN4OS/c1-17(22(29)18-8-4-2-5-9-18)30-23-26-25-21(16-27-14-6-3-7-15-27)28(23)20-12-10-19(24)11-13-20/h2,4-5,8-13,17H,3,6-7,14-16H2,1H3/t17-/m0/s1. The number of halogens is 1. The van der Waals surface area contributed by atoms with Crippen LogP contribution >= 0.6 is 11.8 Å². The molecule has 0 saturated carbocycles. The van der Waals surface area contributed by atoms with Gasteiger partial charge in [0.05, 0.1) is 11.8 Å². The summed E-state index contributed by atoms with van der Waals surface area (Å²) >= 11 is 1.38. The molecular formula is C23H25FN4OS. The summed E-state index contributed by atoms with van der Waals surface area (Å²) in [7, 11) is 0. The molecule has 2 heterocycles. The molecule has 7 heteroatoms. The van der Waals surface area contributed by atoms with E-state index in [1.807, 2.05) is 41.8 Å². The van der Waals surface area contributed by atoms with Crippen LogP contribution in [-0.2, 0) is 6.54 Å². The molecule has 2 aromatic carbocycles. The van der Waals surface area contributed by atoms with Crippen LogP contribution in [0.2, 0.25) is 0 Å². The Labute approximate surface area is 180 Å². The molecule has 156 valence electrons. The molecule has 0 aliphatic carbocycles. The van der Waals surface area contributed by atoms with Crippen molar-refractivity contribution in [2.45, 2.75) is 43.1 Å². The summed E-state index contributed by atoms with van der Waals surface area (Å²) < 4.78 is 15.5. The topological polar surface area (TPSA) is 51.0 Å². The van der Waals surface area contributed by atoms with Gasteiger partial charge in [-0.05, 0) is 57.1 Å². The Morgan fingerprint density at radius 3 is 2.43 bits per heavy atom. The number of piperidine rings is 1. The van der Waals surface area contributed by atoms with Crippen molar-refractivity contribution >= 4 is 17.5 Å². The van der Waals surface area contributed by atoms with Gasteiger partial charge in [0.15, 0.2) is 16.8 Å². The number of hydrogen-bond acceptors (Lipinski definition) is 5. The average Bonchev–Trinajstić information content (AvgIpc) is 3.17. The number of benzene rings is 2. The average molecular weight is 425 g/mol. The zero-order valence-electron chi connectivity index (χ0n) is 17.0. The molecule has 1 aliphatic heterocycles. The van der Waals surface area contributed by atoms with Gasteiger partial charge in [-0.15, -0.1) is 10.2 Å². The number of ketones is 1. The van der Waals surface area contributed by atoms with Crippen molar-refractivity contribution in [2.24, 2.45) is 0 Å². The number of hydrogen-bond donors (Lipinski definition) is 0. The summed E-state index contributed by atoms with van der Waals surface area (Å²) in [6.07, 6.45) is 3.64. The van der Waals surface area contributed by atoms with E-state index in [1.54, 1.807) is 12.1 Å². The van der Waals surface area contributed by atoms with Crippen molar-refractivity contribution in [1.82, 2.24) is 19.7 Å². The highest BCUT2D eigenvalue weighted by Crippen LogP contribution is 2.28. The van der Waals surface area contributed by atoms with Crippen LogP contribution < -0.4 is 0 Å². The molecule has 0 amide bonds. The van der Waals surface area contributed by atoms with E-state index in [2.05, 4.69) is 15.1 Å². The predicted octanol–water partition coefficient (Wildman–Crippen LogP) is 4.76. The molecule has 0 bridgehead atoms. The molecule has 4 rings (SSSR count). The minimum Gasteiger partial charge on any atom is -0.296 e. The molecule has 1 fully saturated rings. The molecule has 5 nitrogen and oxygen atoms in total. The number of thioether (sulfide) groups is 1. The highest BCUT2D eigenvalue weighted by Gasteiger charge is 2.23. The first-order valence-electron chi connectivity index (χ1n) is 10.3. The fourth-order valence-electron chi connectivity index (χ4n) is 3.69. The van der Waals surface area contributed by atoms with Gasteiger partial charge in [-0.1, -0.05) is 48.5 Å². The van der Waals surface area contributed by atoms with Crippen LogP contribution in [0.25, 0.3) is 5.69 Å². The van der Waals surface area contributed by atoms with Crippen molar-refractivity contribution in [3.05, 3.63) is 71.8 Å². The molecule has 1 aromatic heterocycles. The highest BCUT2D eigenvalue weighted by atomic mass is 32.2. The van der Waals surface area contributed by atoms with Gasteiger partial charge >= 0.3 is 0 Å². The molecule has 1 saturated heterocycles. The van der Waals surface area contributed by atoms with E-state index in [1.165, 1.54) is 43.2 Å². The lowest BCUT2D eigenvalue weighted by Crippen LogP contribution is -2.30. The number of aromatic nitrogens is 3. The Kier molecular flexibility index (Phi) is 6.59. The Bertz CT molecular complexity index is 984. The zero-order chi connectivity index (χ0) is 20.9. The smallest absolute Gasteiger partial charge is 0.196 e. The van der Waals surface area contributed by atoms with E-state index >= 15 is 0 Å². The number of nitrogens with zero attached hydrogens (tertiary/aromatic N) is 4. The van der Waals surface area contributed by atoms with Gasteiger partial charge in [-0.2, -0.15) is 0 Å². The largest absolute Gasteiger partial charge is 0.296 e. The van der Waals surface area contributed by atoms with E-state index in [9.17, 15) is 9.18 Å². The number of carbonyl (C=O) groups excluding carboxylic acids is 1. The molecule has 1 atom stereocenters. The number of likely N-dealkylation sites (tertiary alicyclic amines) is 1. The summed E-state index contributed by atoms with van der Waals surface area (Å²) in [6, 6.07) is 15.6. The number of carbonyl (C=O) groups is 1. The highest BCUT2D eigenvalue weighted by molar-refractivity contribution is 8.00. The number of Topliss-reactive ketones (excluding diaryl/α,β-unsaturated/α-hetero) is 1. The minimum absolute atomic E-state index is 0.0480. The summed E-state index contributed by atoms with van der Waals surface area (Å²) in [5.41, 5.74) is 1.48. The Morgan fingerprint density at radius 2 is 1.73 bits per heavy atom. The molecule has 0 radical (unpaired) electrons. The maximum atomic E-state index is 13.5. The van der Waals surface area contributed by atoms with Gasteiger partial charge in [-0.3, -0.25) is 14.3 Å². The van der Waals surface area contributed by atoms with Crippen LogP contribution in [0.3, 0.4) is 0 Å². The molecule has 0 unspecified atom stereocenters. The second-order valence-electron chi connectivity index (χ2n) is 7.54. The molecule has 30 heavy (non-hydrogen) atoms.